The standard InChI is InChI=1S/C15H20N2O3S/c1-12-4-3-5-13(8-12)6-7-16-21(19,20)15-9-14(11-18)17(2)10-15/h3-5,8-10,16,18H,6-7,11H2,1-2H3. The van der Waals surface area contributed by atoms with E-state index in [1.54, 1.807) is 11.6 Å². The quantitative estimate of drug-likeness (QED) is 0.846. The normalized spacial score (nSPS) is 11.8. The molecule has 0 atom stereocenters. The van der Waals surface area contributed by atoms with Crippen molar-refractivity contribution in [2.75, 3.05) is 6.54 Å². The number of nitrogens with zero attached hydrogens (tertiary/aromatic N) is 1. The fraction of sp³-hybridized carbons (Fsp3) is 0.333. The molecule has 5 nitrogen and oxygen atoms in total. The monoisotopic (exact) mass is 308 g/mol. The highest BCUT2D eigenvalue weighted by atomic mass is 32.2. The zero-order chi connectivity index (χ0) is 15.5. The molecule has 6 heteroatoms. The Labute approximate surface area is 125 Å². The fourth-order valence-electron chi connectivity index (χ4n) is 2.16. The Morgan fingerprint density at radius 1 is 1.29 bits per heavy atom. The molecule has 21 heavy (non-hydrogen) atoms. The van der Waals surface area contributed by atoms with E-state index in [-0.39, 0.29) is 11.5 Å². The lowest BCUT2D eigenvalue weighted by Gasteiger charge is -2.05. The Balaban J connectivity index is 2.01. The number of aliphatic hydroxyl groups excluding tert-OH is 1. The van der Waals surface area contributed by atoms with E-state index in [0.29, 0.717) is 18.7 Å². The van der Waals surface area contributed by atoms with Crippen LogP contribution in [0.4, 0.5) is 0 Å². The molecule has 0 radical (unpaired) electrons. The predicted octanol–water partition coefficient (Wildman–Crippen LogP) is 1.35. The summed E-state index contributed by atoms with van der Waals surface area (Å²) in [5, 5.41) is 9.11. The summed E-state index contributed by atoms with van der Waals surface area (Å²) in [6, 6.07) is 9.47. The lowest BCUT2D eigenvalue weighted by molar-refractivity contribution is 0.272. The molecule has 0 aliphatic rings. The van der Waals surface area contributed by atoms with Gasteiger partial charge in [0.25, 0.3) is 0 Å². The molecule has 0 fully saturated rings. The molecule has 2 aromatic rings. The Bertz CT molecular complexity index is 720. The molecule has 0 spiro atoms. The van der Waals surface area contributed by atoms with E-state index < -0.39 is 10.0 Å². The Kier molecular flexibility index (Phi) is 4.82. The summed E-state index contributed by atoms with van der Waals surface area (Å²) < 4.78 is 28.5. The zero-order valence-corrected chi connectivity index (χ0v) is 13.0. The lowest BCUT2D eigenvalue weighted by atomic mass is 10.1. The first-order chi connectivity index (χ1) is 9.92. The number of sulfonamides is 1. The molecule has 0 unspecified atom stereocenters. The molecule has 0 aliphatic heterocycles. The van der Waals surface area contributed by atoms with E-state index in [4.69, 9.17) is 5.11 Å². The topological polar surface area (TPSA) is 71.3 Å². The summed E-state index contributed by atoms with van der Waals surface area (Å²) >= 11 is 0. The van der Waals surface area contributed by atoms with Gasteiger partial charge in [0.2, 0.25) is 10.0 Å². The molecule has 2 rings (SSSR count). The number of hydrogen-bond acceptors (Lipinski definition) is 3. The molecule has 1 aromatic carbocycles. The number of hydrogen-bond donors (Lipinski definition) is 2. The van der Waals surface area contributed by atoms with E-state index in [2.05, 4.69) is 4.72 Å². The number of rotatable bonds is 6. The Hall–Kier alpha value is -1.63. The van der Waals surface area contributed by atoms with Gasteiger partial charge in [0, 0.05) is 25.5 Å². The van der Waals surface area contributed by atoms with Gasteiger partial charge in [0.05, 0.1) is 11.5 Å². The van der Waals surface area contributed by atoms with Gasteiger partial charge in [-0.05, 0) is 25.0 Å². The Morgan fingerprint density at radius 3 is 2.67 bits per heavy atom. The first kappa shape index (κ1) is 15.8. The van der Waals surface area contributed by atoms with Gasteiger partial charge in [-0.1, -0.05) is 29.8 Å². The number of benzene rings is 1. The van der Waals surface area contributed by atoms with Crippen LogP contribution in [0.2, 0.25) is 0 Å². The van der Waals surface area contributed by atoms with Crippen LogP contribution in [-0.4, -0.2) is 24.6 Å². The molecule has 0 bridgehead atoms. The molecule has 0 amide bonds. The maximum absolute atomic E-state index is 12.2. The van der Waals surface area contributed by atoms with Crippen molar-refractivity contribution in [1.82, 2.24) is 9.29 Å². The lowest BCUT2D eigenvalue weighted by Crippen LogP contribution is -2.25. The second-order valence-electron chi connectivity index (χ2n) is 5.07. The number of aromatic nitrogens is 1. The number of aliphatic hydroxyl groups is 1. The van der Waals surface area contributed by atoms with Crippen molar-refractivity contribution < 1.29 is 13.5 Å². The second-order valence-corrected chi connectivity index (χ2v) is 6.84. The van der Waals surface area contributed by atoms with Crippen molar-refractivity contribution in [3.63, 3.8) is 0 Å². The SMILES string of the molecule is Cc1cccc(CCNS(=O)(=O)c2cc(CO)n(C)c2)c1. The smallest absolute Gasteiger partial charge is 0.242 e. The molecular weight excluding hydrogens is 288 g/mol. The summed E-state index contributed by atoms with van der Waals surface area (Å²) in [4.78, 5) is 0.179. The summed E-state index contributed by atoms with van der Waals surface area (Å²) in [5.41, 5.74) is 2.82. The van der Waals surface area contributed by atoms with Gasteiger partial charge < -0.3 is 9.67 Å². The van der Waals surface area contributed by atoms with Crippen LogP contribution in [0.5, 0.6) is 0 Å². The van der Waals surface area contributed by atoms with Gasteiger partial charge in [-0.15, -0.1) is 0 Å². The molecule has 0 aliphatic carbocycles. The number of nitrogens with one attached hydrogen (secondary N) is 1. The van der Waals surface area contributed by atoms with E-state index in [1.165, 1.54) is 12.3 Å². The fourth-order valence-corrected chi connectivity index (χ4v) is 3.29. The van der Waals surface area contributed by atoms with Gasteiger partial charge in [-0.3, -0.25) is 0 Å². The maximum atomic E-state index is 12.2. The molecule has 114 valence electrons. The molecule has 2 N–H and O–H groups in total. The minimum Gasteiger partial charge on any atom is -0.390 e. The Morgan fingerprint density at radius 2 is 2.05 bits per heavy atom. The van der Waals surface area contributed by atoms with Crippen molar-refractivity contribution >= 4 is 10.0 Å². The highest BCUT2D eigenvalue weighted by molar-refractivity contribution is 7.89. The van der Waals surface area contributed by atoms with E-state index in [0.717, 1.165) is 11.1 Å². The average Bonchev–Trinajstić information content (AvgIpc) is 2.81. The summed E-state index contributed by atoms with van der Waals surface area (Å²) in [6.07, 6.45) is 2.14. The van der Waals surface area contributed by atoms with Crippen molar-refractivity contribution in [1.29, 1.82) is 0 Å². The summed E-state index contributed by atoms with van der Waals surface area (Å²) in [6.45, 7) is 2.17. The van der Waals surface area contributed by atoms with Crippen LogP contribution >= 0.6 is 0 Å². The van der Waals surface area contributed by atoms with E-state index >= 15 is 0 Å². The van der Waals surface area contributed by atoms with Crippen LogP contribution in [-0.2, 0) is 30.1 Å². The van der Waals surface area contributed by atoms with Crippen LogP contribution in [0.3, 0.4) is 0 Å². The first-order valence-electron chi connectivity index (χ1n) is 6.73. The van der Waals surface area contributed by atoms with E-state index in [9.17, 15) is 8.42 Å². The molecular formula is C15H20N2O3S. The van der Waals surface area contributed by atoms with Gasteiger partial charge in [-0.25, -0.2) is 13.1 Å². The van der Waals surface area contributed by atoms with Gasteiger partial charge in [0.1, 0.15) is 0 Å². The van der Waals surface area contributed by atoms with Crippen LogP contribution < -0.4 is 4.72 Å². The van der Waals surface area contributed by atoms with Gasteiger partial charge in [-0.2, -0.15) is 0 Å². The maximum Gasteiger partial charge on any atom is 0.242 e. The van der Waals surface area contributed by atoms with Crippen LogP contribution in [0.15, 0.2) is 41.4 Å². The highest BCUT2D eigenvalue weighted by Gasteiger charge is 2.16. The summed E-state index contributed by atoms with van der Waals surface area (Å²) in [7, 11) is -1.83. The highest BCUT2D eigenvalue weighted by Crippen LogP contribution is 2.13. The van der Waals surface area contributed by atoms with Crippen LogP contribution in [0.1, 0.15) is 16.8 Å². The van der Waals surface area contributed by atoms with Gasteiger partial charge >= 0.3 is 0 Å². The number of aryl methyl sites for hydroxylation is 2. The van der Waals surface area contributed by atoms with Gasteiger partial charge in [0.15, 0.2) is 0 Å². The van der Waals surface area contributed by atoms with Crippen molar-refractivity contribution in [3.8, 4) is 0 Å². The van der Waals surface area contributed by atoms with Crippen molar-refractivity contribution in [2.24, 2.45) is 7.05 Å². The van der Waals surface area contributed by atoms with Crippen LogP contribution in [0.25, 0.3) is 0 Å². The largest absolute Gasteiger partial charge is 0.390 e. The molecule has 0 saturated carbocycles. The third-order valence-electron chi connectivity index (χ3n) is 3.34. The second kappa shape index (κ2) is 6.43. The predicted molar refractivity (Wildman–Crippen MR) is 81.4 cm³/mol. The first-order valence-corrected chi connectivity index (χ1v) is 8.22. The van der Waals surface area contributed by atoms with Crippen molar-refractivity contribution in [3.05, 3.63) is 53.3 Å². The molecule has 0 saturated heterocycles. The third kappa shape index (κ3) is 3.93. The summed E-state index contributed by atoms with van der Waals surface area (Å²) in [5.74, 6) is 0. The zero-order valence-electron chi connectivity index (χ0n) is 12.2. The average molecular weight is 308 g/mol. The third-order valence-corrected chi connectivity index (χ3v) is 4.77. The van der Waals surface area contributed by atoms with Crippen LogP contribution in [0, 0.1) is 6.92 Å². The van der Waals surface area contributed by atoms with E-state index in [1.807, 2.05) is 31.2 Å². The molecule has 1 aromatic heterocycles. The van der Waals surface area contributed by atoms with Crippen molar-refractivity contribution in [2.45, 2.75) is 24.8 Å². The minimum atomic E-state index is -3.53. The minimum absolute atomic E-state index is 0.179. The molecule has 1 heterocycles.